The summed E-state index contributed by atoms with van der Waals surface area (Å²) in [6, 6.07) is 0.502. The maximum Gasteiger partial charge on any atom is 0.267 e. The fourth-order valence-electron chi connectivity index (χ4n) is 2.24. The molecule has 1 fully saturated rings. The molecule has 0 bridgehead atoms. The Morgan fingerprint density at radius 3 is 3.17 bits per heavy atom. The summed E-state index contributed by atoms with van der Waals surface area (Å²) in [5.41, 5.74) is 0. The Morgan fingerprint density at radius 2 is 2.50 bits per heavy atom. The molecule has 1 aromatic rings. The Morgan fingerprint density at radius 1 is 1.67 bits per heavy atom. The van der Waals surface area contributed by atoms with E-state index in [1.165, 1.54) is 18.0 Å². The van der Waals surface area contributed by atoms with E-state index >= 15 is 0 Å². The largest absolute Gasteiger partial charge is 0.338 e. The van der Waals surface area contributed by atoms with Gasteiger partial charge in [0.15, 0.2) is 0 Å². The van der Waals surface area contributed by atoms with E-state index in [-0.39, 0.29) is 5.91 Å². The molecule has 0 radical (unpaired) electrons. The molecule has 6 heteroatoms. The van der Waals surface area contributed by atoms with Crippen molar-refractivity contribution in [2.75, 3.05) is 19.6 Å². The van der Waals surface area contributed by atoms with Crippen molar-refractivity contribution in [3.8, 4) is 0 Å². The summed E-state index contributed by atoms with van der Waals surface area (Å²) in [6.07, 6.45) is 3.84. The number of carbonyl (C=O) groups is 1. The third-order valence-electron chi connectivity index (χ3n) is 3.19. The highest BCUT2D eigenvalue weighted by Crippen LogP contribution is 2.18. The molecular weight excluding hydrogens is 248 g/mol. The number of hydrogen-bond donors (Lipinski definition) is 1. The quantitative estimate of drug-likeness (QED) is 0.896. The van der Waals surface area contributed by atoms with E-state index in [9.17, 15) is 4.79 Å². The summed E-state index contributed by atoms with van der Waals surface area (Å²) in [5, 5.41) is 7.17. The van der Waals surface area contributed by atoms with Crippen LogP contribution in [0.25, 0.3) is 0 Å². The van der Waals surface area contributed by atoms with Crippen LogP contribution < -0.4 is 5.32 Å². The zero-order valence-electron chi connectivity index (χ0n) is 10.9. The number of aromatic nitrogens is 2. The molecule has 0 aliphatic carbocycles. The van der Waals surface area contributed by atoms with Crippen molar-refractivity contribution in [1.82, 2.24) is 19.8 Å². The Hall–Kier alpha value is -1.01. The minimum atomic E-state index is 0.0826. The molecule has 1 aromatic heterocycles. The molecule has 0 spiro atoms. The zero-order valence-corrected chi connectivity index (χ0v) is 11.7. The van der Waals surface area contributed by atoms with E-state index in [0.29, 0.717) is 16.8 Å². The van der Waals surface area contributed by atoms with Crippen molar-refractivity contribution < 1.29 is 4.79 Å². The van der Waals surface area contributed by atoms with Gasteiger partial charge in [0.25, 0.3) is 5.91 Å². The van der Waals surface area contributed by atoms with Crippen molar-refractivity contribution in [2.45, 2.75) is 32.7 Å². The van der Waals surface area contributed by atoms with E-state index < -0.39 is 0 Å². The fourth-order valence-corrected chi connectivity index (χ4v) is 2.72. The van der Waals surface area contributed by atoms with Gasteiger partial charge in [-0.1, -0.05) is 18.3 Å². The van der Waals surface area contributed by atoms with Gasteiger partial charge in [0.05, 0.1) is 6.20 Å². The van der Waals surface area contributed by atoms with Gasteiger partial charge in [-0.05, 0) is 36.8 Å². The predicted molar refractivity (Wildman–Crippen MR) is 71.7 cm³/mol. The Labute approximate surface area is 112 Å². The first kappa shape index (κ1) is 13.4. The normalized spacial score (nSPS) is 20.4. The lowest BCUT2D eigenvalue weighted by Crippen LogP contribution is -2.43. The van der Waals surface area contributed by atoms with E-state index in [1.807, 2.05) is 4.90 Å². The molecule has 1 amide bonds. The molecule has 0 saturated carbocycles. The molecule has 1 N–H and O–H groups in total. The van der Waals surface area contributed by atoms with Gasteiger partial charge in [-0.25, -0.2) is 0 Å². The summed E-state index contributed by atoms with van der Waals surface area (Å²) in [4.78, 5) is 14.8. The monoisotopic (exact) mass is 268 g/mol. The highest BCUT2D eigenvalue weighted by atomic mass is 32.1. The fraction of sp³-hybridized carbons (Fsp3) is 0.750. The van der Waals surface area contributed by atoms with Crippen LogP contribution in [0.3, 0.4) is 0 Å². The van der Waals surface area contributed by atoms with Gasteiger partial charge in [0, 0.05) is 19.1 Å². The summed E-state index contributed by atoms with van der Waals surface area (Å²) in [7, 11) is 0. The molecule has 2 heterocycles. The molecule has 1 aliphatic rings. The van der Waals surface area contributed by atoms with E-state index in [0.717, 1.165) is 26.1 Å². The Bertz CT molecular complexity index is 379. The first-order chi connectivity index (χ1) is 8.66. The van der Waals surface area contributed by atoms with Crippen LogP contribution in [-0.4, -0.2) is 46.1 Å². The highest BCUT2D eigenvalue weighted by Gasteiger charge is 2.25. The van der Waals surface area contributed by atoms with E-state index in [2.05, 4.69) is 28.8 Å². The van der Waals surface area contributed by atoms with Gasteiger partial charge < -0.3 is 10.2 Å². The van der Waals surface area contributed by atoms with Gasteiger partial charge in [-0.15, -0.1) is 5.10 Å². The molecule has 1 unspecified atom stereocenters. The van der Waals surface area contributed by atoms with Gasteiger partial charge >= 0.3 is 0 Å². The Balaban J connectivity index is 1.88. The molecule has 1 saturated heterocycles. The van der Waals surface area contributed by atoms with Gasteiger partial charge in [0.2, 0.25) is 0 Å². The van der Waals surface area contributed by atoms with Crippen LogP contribution in [0.5, 0.6) is 0 Å². The molecule has 0 aromatic carbocycles. The SMILES string of the molecule is CC(C)NCC1CCCN(C(=O)c2cnns2)C1. The van der Waals surface area contributed by atoms with Crippen molar-refractivity contribution >= 4 is 17.4 Å². The highest BCUT2D eigenvalue weighted by molar-refractivity contribution is 7.07. The molecule has 5 nitrogen and oxygen atoms in total. The lowest BCUT2D eigenvalue weighted by Gasteiger charge is -2.32. The van der Waals surface area contributed by atoms with Crippen molar-refractivity contribution in [2.24, 2.45) is 5.92 Å². The van der Waals surface area contributed by atoms with Crippen LogP contribution in [0.1, 0.15) is 36.4 Å². The number of nitrogens with one attached hydrogen (secondary N) is 1. The molecule has 18 heavy (non-hydrogen) atoms. The topological polar surface area (TPSA) is 58.1 Å². The molecule has 1 aliphatic heterocycles. The average molecular weight is 268 g/mol. The minimum absolute atomic E-state index is 0.0826. The second-order valence-corrected chi connectivity index (χ2v) is 5.89. The van der Waals surface area contributed by atoms with Crippen molar-refractivity contribution in [3.05, 3.63) is 11.1 Å². The minimum Gasteiger partial charge on any atom is -0.338 e. The molecule has 2 rings (SSSR count). The van der Waals surface area contributed by atoms with Crippen LogP contribution in [0, 0.1) is 5.92 Å². The van der Waals surface area contributed by atoms with Crippen LogP contribution in [-0.2, 0) is 0 Å². The van der Waals surface area contributed by atoms with Gasteiger partial charge in [0.1, 0.15) is 4.88 Å². The number of amides is 1. The van der Waals surface area contributed by atoms with Crippen molar-refractivity contribution in [3.63, 3.8) is 0 Å². The number of carbonyl (C=O) groups excluding carboxylic acids is 1. The molecule has 1 atom stereocenters. The lowest BCUT2D eigenvalue weighted by molar-refractivity contribution is 0.0677. The number of likely N-dealkylation sites (tertiary alicyclic amines) is 1. The zero-order chi connectivity index (χ0) is 13.0. The third kappa shape index (κ3) is 3.49. The predicted octanol–water partition coefficient (Wildman–Crippen LogP) is 1.39. The maximum atomic E-state index is 12.2. The molecule has 100 valence electrons. The summed E-state index contributed by atoms with van der Waals surface area (Å²) >= 11 is 1.18. The average Bonchev–Trinajstić information content (AvgIpc) is 2.89. The van der Waals surface area contributed by atoms with E-state index in [1.54, 1.807) is 6.20 Å². The first-order valence-electron chi connectivity index (χ1n) is 6.47. The van der Waals surface area contributed by atoms with Gasteiger partial charge in [-0.2, -0.15) is 0 Å². The van der Waals surface area contributed by atoms with Crippen LogP contribution in [0.4, 0.5) is 0 Å². The Kier molecular flexibility index (Phi) is 4.66. The maximum absolute atomic E-state index is 12.2. The second kappa shape index (κ2) is 6.24. The summed E-state index contributed by atoms with van der Waals surface area (Å²) < 4.78 is 3.75. The smallest absolute Gasteiger partial charge is 0.267 e. The van der Waals surface area contributed by atoms with Crippen LogP contribution >= 0.6 is 11.5 Å². The van der Waals surface area contributed by atoms with Crippen LogP contribution in [0.15, 0.2) is 6.20 Å². The number of piperidine rings is 1. The lowest BCUT2D eigenvalue weighted by atomic mass is 9.97. The first-order valence-corrected chi connectivity index (χ1v) is 7.24. The second-order valence-electron chi connectivity index (χ2n) is 5.10. The molecular formula is C12H20N4OS. The third-order valence-corrected chi connectivity index (χ3v) is 3.85. The van der Waals surface area contributed by atoms with Crippen LogP contribution in [0.2, 0.25) is 0 Å². The number of hydrogen-bond acceptors (Lipinski definition) is 5. The number of nitrogens with zero attached hydrogens (tertiary/aromatic N) is 3. The number of rotatable bonds is 4. The standard InChI is InChI=1S/C12H20N4OS/c1-9(2)13-6-10-4-3-5-16(8-10)12(17)11-7-14-15-18-11/h7,9-10,13H,3-6,8H2,1-2H3. The van der Waals surface area contributed by atoms with Gasteiger partial charge in [-0.3, -0.25) is 4.79 Å². The van der Waals surface area contributed by atoms with Crippen molar-refractivity contribution in [1.29, 1.82) is 0 Å². The summed E-state index contributed by atoms with van der Waals surface area (Å²) in [6.45, 7) is 6.98. The summed E-state index contributed by atoms with van der Waals surface area (Å²) in [5.74, 6) is 0.644. The van der Waals surface area contributed by atoms with E-state index in [4.69, 9.17) is 0 Å².